The summed E-state index contributed by atoms with van der Waals surface area (Å²) in [5.41, 5.74) is 2.36. The third kappa shape index (κ3) is 3.88. The molecule has 0 aromatic heterocycles. The summed E-state index contributed by atoms with van der Waals surface area (Å²) in [4.78, 5) is 13.6. The quantitative estimate of drug-likeness (QED) is 0.847. The summed E-state index contributed by atoms with van der Waals surface area (Å²) in [6.45, 7) is 6.90. The van der Waals surface area contributed by atoms with Crippen LogP contribution in [-0.2, 0) is 0 Å². The first-order chi connectivity index (χ1) is 9.16. The van der Waals surface area contributed by atoms with Gasteiger partial charge in [-0.15, -0.1) is 0 Å². The Bertz CT molecular complexity index is 440. The Morgan fingerprint density at radius 1 is 1.32 bits per heavy atom. The number of carbonyl (C=O) groups excluding carboxylic acids is 1. The maximum Gasteiger partial charge on any atom is 0.317 e. The van der Waals surface area contributed by atoms with Gasteiger partial charge in [-0.3, -0.25) is 0 Å². The molecule has 0 saturated carbocycles. The molecule has 0 atom stereocenters. The van der Waals surface area contributed by atoms with E-state index in [2.05, 4.69) is 18.3 Å². The zero-order valence-corrected chi connectivity index (χ0v) is 11.7. The van der Waals surface area contributed by atoms with Crippen LogP contribution in [0.3, 0.4) is 0 Å². The number of urea groups is 1. The number of benzene rings is 1. The molecule has 1 aliphatic heterocycles. The molecular weight excluding hydrogens is 240 g/mol. The summed E-state index contributed by atoms with van der Waals surface area (Å²) in [5, 5.41) is 2.89. The van der Waals surface area contributed by atoms with Crippen LogP contribution in [0.5, 0.6) is 5.75 Å². The lowest BCUT2D eigenvalue weighted by Crippen LogP contribution is -2.39. The first kappa shape index (κ1) is 13.7. The van der Waals surface area contributed by atoms with Gasteiger partial charge in [0.2, 0.25) is 0 Å². The summed E-state index contributed by atoms with van der Waals surface area (Å²) in [6, 6.07) is 6.14. The molecule has 1 fully saturated rings. The second kappa shape index (κ2) is 6.45. The van der Waals surface area contributed by atoms with Crippen LogP contribution in [0.15, 0.2) is 18.2 Å². The molecule has 104 valence electrons. The molecule has 19 heavy (non-hydrogen) atoms. The van der Waals surface area contributed by atoms with Gasteiger partial charge < -0.3 is 15.0 Å². The topological polar surface area (TPSA) is 41.6 Å². The van der Waals surface area contributed by atoms with Gasteiger partial charge in [-0.1, -0.05) is 17.7 Å². The highest BCUT2D eigenvalue weighted by Crippen LogP contribution is 2.18. The van der Waals surface area contributed by atoms with Crippen LogP contribution in [0.1, 0.15) is 24.0 Å². The summed E-state index contributed by atoms with van der Waals surface area (Å²) >= 11 is 0. The predicted octanol–water partition coefficient (Wildman–Crippen LogP) is 2.49. The van der Waals surface area contributed by atoms with E-state index in [-0.39, 0.29) is 6.03 Å². The average molecular weight is 262 g/mol. The van der Waals surface area contributed by atoms with Crippen molar-refractivity contribution in [3.63, 3.8) is 0 Å². The minimum atomic E-state index is 0.0294. The fraction of sp³-hybridized carbons (Fsp3) is 0.533. The molecule has 1 aromatic rings. The van der Waals surface area contributed by atoms with Gasteiger partial charge in [0.15, 0.2) is 0 Å². The van der Waals surface area contributed by atoms with E-state index in [1.54, 1.807) is 0 Å². The summed E-state index contributed by atoms with van der Waals surface area (Å²) in [7, 11) is 0. The fourth-order valence-electron chi connectivity index (χ4n) is 2.31. The van der Waals surface area contributed by atoms with E-state index in [1.165, 1.54) is 5.56 Å². The van der Waals surface area contributed by atoms with Crippen LogP contribution in [0, 0.1) is 13.8 Å². The zero-order chi connectivity index (χ0) is 13.7. The van der Waals surface area contributed by atoms with Crippen molar-refractivity contribution in [2.75, 3.05) is 26.2 Å². The normalized spacial score (nSPS) is 14.5. The molecule has 1 aromatic carbocycles. The first-order valence-corrected chi connectivity index (χ1v) is 6.89. The lowest BCUT2D eigenvalue weighted by molar-refractivity contribution is 0.205. The second-order valence-electron chi connectivity index (χ2n) is 5.04. The smallest absolute Gasteiger partial charge is 0.317 e. The van der Waals surface area contributed by atoms with Crippen molar-refractivity contribution in [3.05, 3.63) is 29.3 Å². The van der Waals surface area contributed by atoms with Crippen molar-refractivity contribution < 1.29 is 9.53 Å². The van der Waals surface area contributed by atoms with E-state index in [1.807, 2.05) is 24.0 Å². The Kier molecular flexibility index (Phi) is 4.66. The molecule has 0 spiro atoms. The van der Waals surface area contributed by atoms with Crippen LogP contribution < -0.4 is 10.1 Å². The summed E-state index contributed by atoms with van der Waals surface area (Å²) in [5.74, 6) is 0.890. The van der Waals surface area contributed by atoms with Crippen molar-refractivity contribution in [2.45, 2.75) is 26.7 Å². The van der Waals surface area contributed by atoms with E-state index in [0.717, 1.165) is 37.2 Å². The zero-order valence-electron chi connectivity index (χ0n) is 11.7. The van der Waals surface area contributed by atoms with Gasteiger partial charge in [0.25, 0.3) is 0 Å². The maximum absolute atomic E-state index is 11.7. The highest BCUT2D eigenvalue weighted by molar-refractivity contribution is 5.74. The molecule has 0 radical (unpaired) electrons. The molecule has 2 rings (SSSR count). The van der Waals surface area contributed by atoms with Gasteiger partial charge in [0.1, 0.15) is 12.4 Å². The SMILES string of the molecule is Cc1ccc(OCCNC(=O)N2CCCC2)c(C)c1. The number of nitrogens with one attached hydrogen (secondary N) is 1. The number of likely N-dealkylation sites (tertiary alicyclic amines) is 1. The lowest BCUT2D eigenvalue weighted by atomic mass is 10.1. The van der Waals surface area contributed by atoms with E-state index >= 15 is 0 Å². The molecule has 2 amide bonds. The Hall–Kier alpha value is -1.71. The standard InChI is InChI=1S/C15H22N2O2/c1-12-5-6-14(13(2)11-12)19-10-7-16-15(18)17-8-3-4-9-17/h5-6,11H,3-4,7-10H2,1-2H3,(H,16,18). The molecule has 1 saturated heterocycles. The predicted molar refractivity (Wildman–Crippen MR) is 75.6 cm³/mol. The second-order valence-corrected chi connectivity index (χ2v) is 5.04. The molecule has 1 heterocycles. The minimum absolute atomic E-state index is 0.0294. The molecule has 1 N–H and O–H groups in total. The monoisotopic (exact) mass is 262 g/mol. The third-order valence-corrected chi connectivity index (χ3v) is 3.36. The highest BCUT2D eigenvalue weighted by Gasteiger charge is 2.16. The Balaban J connectivity index is 1.70. The van der Waals surface area contributed by atoms with Crippen molar-refractivity contribution in [1.29, 1.82) is 0 Å². The van der Waals surface area contributed by atoms with E-state index in [0.29, 0.717) is 13.2 Å². The molecule has 4 heteroatoms. The van der Waals surface area contributed by atoms with Gasteiger partial charge in [-0.25, -0.2) is 4.79 Å². The van der Waals surface area contributed by atoms with Crippen LogP contribution in [0.2, 0.25) is 0 Å². The number of aryl methyl sites for hydroxylation is 2. The molecular formula is C15H22N2O2. The van der Waals surface area contributed by atoms with Crippen LogP contribution in [-0.4, -0.2) is 37.2 Å². The van der Waals surface area contributed by atoms with E-state index < -0.39 is 0 Å². The van der Waals surface area contributed by atoms with Gasteiger partial charge in [-0.2, -0.15) is 0 Å². The van der Waals surface area contributed by atoms with Gasteiger partial charge in [-0.05, 0) is 38.3 Å². The average Bonchev–Trinajstić information content (AvgIpc) is 2.90. The maximum atomic E-state index is 11.7. The van der Waals surface area contributed by atoms with Gasteiger partial charge in [0, 0.05) is 13.1 Å². The first-order valence-electron chi connectivity index (χ1n) is 6.89. The number of nitrogens with zero attached hydrogens (tertiary/aromatic N) is 1. The van der Waals surface area contributed by atoms with Crippen molar-refractivity contribution in [2.24, 2.45) is 0 Å². The number of amides is 2. The van der Waals surface area contributed by atoms with Crippen LogP contribution in [0.25, 0.3) is 0 Å². The van der Waals surface area contributed by atoms with Crippen LogP contribution in [0.4, 0.5) is 4.79 Å². The molecule has 4 nitrogen and oxygen atoms in total. The number of hydrogen-bond acceptors (Lipinski definition) is 2. The summed E-state index contributed by atoms with van der Waals surface area (Å²) < 4.78 is 5.67. The number of rotatable bonds is 4. The van der Waals surface area contributed by atoms with Crippen molar-refractivity contribution in [3.8, 4) is 5.75 Å². The Labute approximate surface area is 114 Å². The Morgan fingerprint density at radius 2 is 2.05 bits per heavy atom. The van der Waals surface area contributed by atoms with E-state index in [9.17, 15) is 4.79 Å². The van der Waals surface area contributed by atoms with Crippen molar-refractivity contribution >= 4 is 6.03 Å². The molecule has 0 aliphatic carbocycles. The molecule has 0 bridgehead atoms. The van der Waals surface area contributed by atoms with Crippen LogP contribution >= 0.6 is 0 Å². The largest absolute Gasteiger partial charge is 0.491 e. The molecule has 0 unspecified atom stereocenters. The van der Waals surface area contributed by atoms with Crippen molar-refractivity contribution in [1.82, 2.24) is 10.2 Å². The van der Waals surface area contributed by atoms with Gasteiger partial charge in [0.05, 0.1) is 6.54 Å². The van der Waals surface area contributed by atoms with Gasteiger partial charge >= 0.3 is 6.03 Å². The number of ether oxygens (including phenoxy) is 1. The number of hydrogen-bond donors (Lipinski definition) is 1. The highest BCUT2D eigenvalue weighted by atomic mass is 16.5. The Morgan fingerprint density at radius 3 is 2.74 bits per heavy atom. The summed E-state index contributed by atoms with van der Waals surface area (Å²) in [6.07, 6.45) is 2.24. The minimum Gasteiger partial charge on any atom is -0.491 e. The number of carbonyl (C=O) groups is 1. The van der Waals surface area contributed by atoms with E-state index in [4.69, 9.17) is 4.74 Å². The molecule has 1 aliphatic rings. The fourth-order valence-corrected chi connectivity index (χ4v) is 2.31. The third-order valence-electron chi connectivity index (χ3n) is 3.36. The lowest BCUT2D eigenvalue weighted by Gasteiger charge is -2.16.